The van der Waals surface area contributed by atoms with E-state index >= 15 is 0 Å². The minimum absolute atomic E-state index is 0.301. The molecule has 9 heteroatoms. The van der Waals surface area contributed by atoms with Crippen molar-refractivity contribution in [3.8, 4) is 0 Å². The molecule has 3 aromatic rings. The third-order valence-electron chi connectivity index (χ3n) is 4.49. The van der Waals surface area contributed by atoms with E-state index in [9.17, 15) is 14.0 Å². The summed E-state index contributed by atoms with van der Waals surface area (Å²) in [5.41, 5.74) is 2.44. The fourth-order valence-corrected chi connectivity index (χ4v) is 3.36. The lowest BCUT2D eigenvalue weighted by Gasteiger charge is -2.28. The van der Waals surface area contributed by atoms with Crippen LogP contribution in [0.3, 0.4) is 0 Å². The molecule has 1 aliphatic heterocycles. The van der Waals surface area contributed by atoms with Gasteiger partial charge in [-0.3, -0.25) is 9.89 Å². The lowest BCUT2D eigenvalue weighted by molar-refractivity contribution is -0.113. The molecule has 0 radical (unpaired) electrons. The molecule has 0 saturated heterocycles. The van der Waals surface area contributed by atoms with Crippen LogP contribution in [0.15, 0.2) is 53.9 Å². The van der Waals surface area contributed by atoms with E-state index in [0.717, 1.165) is 10.9 Å². The monoisotopic (exact) mass is 399 g/mol. The van der Waals surface area contributed by atoms with Crippen LogP contribution in [0.25, 0.3) is 10.9 Å². The van der Waals surface area contributed by atoms with Gasteiger partial charge < -0.3 is 16.0 Å². The molecule has 0 saturated carbocycles. The van der Waals surface area contributed by atoms with Crippen molar-refractivity contribution in [1.82, 2.24) is 20.8 Å². The molecular weight excluding hydrogens is 385 g/mol. The van der Waals surface area contributed by atoms with Gasteiger partial charge in [-0.15, -0.1) is 0 Å². The Labute approximate surface area is 164 Å². The number of urea groups is 1. The molecule has 2 heterocycles. The van der Waals surface area contributed by atoms with Gasteiger partial charge in [0.1, 0.15) is 5.82 Å². The van der Waals surface area contributed by atoms with Crippen molar-refractivity contribution >= 4 is 40.1 Å². The highest BCUT2D eigenvalue weighted by Gasteiger charge is 2.31. The van der Waals surface area contributed by atoms with Gasteiger partial charge in [0, 0.05) is 11.1 Å². The summed E-state index contributed by atoms with van der Waals surface area (Å²) >= 11 is 6.27. The molecule has 7 nitrogen and oxygen atoms in total. The van der Waals surface area contributed by atoms with Crippen molar-refractivity contribution in [2.45, 2.75) is 13.0 Å². The molecule has 1 atom stereocenters. The number of benzene rings is 2. The van der Waals surface area contributed by atoms with Gasteiger partial charge in [-0.1, -0.05) is 23.7 Å². The zero-order chi connectivity index (χ0) is 19.8. The Hall–Kier alpha value is -3.39. The fourth-order valence-electron chi connectivity index (χ4n) is 3.15. The number of rotatable bonds is 3. The second-order valence-electron chi connectivity index (χ2n) is 6.37. The van der Waals surface area contributed by atoms with E-state index in [1.54, 1.807) is 25.3 Å². The summed E-state index contributed by atoms with van der Waals surface area (Å²) in [6, 6.07) is 7.80. The minimum atomic E-state index is -0.731. The first-order chi connectivity index (χ1) is 13.4. The molecule has 0 bridgehead atoms. The number of nitrogens with zero attached hydrogens (tertiary/aromatic N) is 1. The van der Waals surface area contributed by atoms with Crippen LogP contribution in [0.5, 0.6) is 0 Å². The molecular formula is C19H15ClFN5O2. The van der Waals surface area contributed by atoms with E-state index in [1.165, 1.54) is 24.3 Å². The smallest absolute Gasteiger partial charge is 0.319 e. The number of aromatic amines is 1. The molecule has 0 fully saturated rings. The van der Waals surface area contributed by atoms with Crippen molar-refractivity contribution in [1.29, 1.82) is 0 Å². The molecule has 28 heavy (non-hydrogen) atoms. The van der Waals surface area contributed by atoms with Crippen LogP contribution in [0.2, 0.25) is 5.02 Å². The lowest BCUT2D eigenvalue weighted by atomic mass is 9.95. The third kappa shape index (κ3) is 3.29. The SMILES string of the molecule is CC1=C(C(=O)Nc2cc3cn[nH]c3cc2Cl)C(c2ccc(F)cc2)NC(=O)N1. The van der Waals surface area contributed by atoms with Gasteiger partial charge in [-0.25, -0.2) is 9.18 Å². The quantitative estimate of drug-likeness (QED) is 0.541. The van der Waals surface area contributed by atoms with E-state index in [0.29, 0.717) is 27.5 Å². The molecule has 0 spiro atoms. The van der Waals surface area contributed by atoms with Crippen LogP contribution >= 0.6 is 11.6 Å². The van der Waals surface area contributed by atoms with Crippen LogP contribution in [0.1, 0.15) is 18.5 Å². The number of anilines is 1. The highest BCUT2D eigenvalue weighted by molar-refractivity contribution is 6.34. The number of carbonyl (C=O) groups excluding carboxylic acids is 2. The molecule has 3 amide bonds. The van der Waals surface area contributed by atoms with Crippen molar-refractivity contribution in [3.05, 3.63) is 70.3 Å². The van der Waals surface area contributed by atoms with Crippen LogP contribution in [0.4, 0.5) is 14.9 Å². The van der Waals surface area contributed by atoms with Gasteiger partial charge in [-0.05, 0) is 36.8 Å². The first kappa shape index (κ1) is 18.0. The normalized spacial score (nSPS) is 16.7. The van der Waals surface area contributed by atoms with E-state index in [2.05, 4.69) is 26.1 Å². The summed E-state index contributed by atoms with van der Waals surface area (Å²) in [5, 5.41) is 15.9. The van der Waals surface area contributed by atoms with E-state index < -0.39 is 23.8 Å². The summed E-state index contributed by atoms with van der Waals surface area (Å²) in [7, 11) is 0. The average molecular weight is 400 g/mol. The second-order valence-corrected chi connectivity index (χ2v) is 6.77. The second kappa shape index (κ2) is 6.97. The Morgan fingerprint density at radius 2 is 2.00 bits per heavy atom. The van der Waals surface area contributed by atoms with Gasteiger partial charge in [-0.2, -0.15) is 5.10 Å². The number of allylic oxidation sites excluding steroid dienone is 1. The fraction of sp³-hybridized carbons (Fsp3) is 0.105. The first-order valence-corrected chi connectivity index (χ1v) is 8.78. The molecule has 142 valence electrons. The Morgan fingerprint density at radius 3 is 2.75 bits per heavy atom. The van der Waals surface area contributed by atoms with Crippen LogP contribution in [-0.2, 0) is 4.79 Å². The molecule has 2 aromatic carbocycles. The number of hydrogen-bond acceptors (Lipinski definition) is 3. The van der Waals surface area contributed by atoms with Gasteiger partial charge >= 0.3 is 6.03 Å². The Bertz CT molecular complexity index is 1120. The molecule has 1 aromatic heterocycles. The van der Waals surface area contributed by atoms with Gasteiger partial charge in [0.05, 0.1) is 34.0 Å². The van der Waals surface area contributed by atoms with Crippen molar-refractivity contribution in [3.63, 3.8) is 0 Å². The number of H-pyrrole nitrogens is 1. The zero-order valence-electron chi connectivity index (χ0n) is 14.6. The Morgan fingerprint density at radius 1 is 1.25 bits per heavy atom. The topological polar surface area (TPSA) is 98.9 Å². The predicted molar refractivity (Wildman–Crippen MR) is 103 cm³/mol. The number of carbonyl (C=O) groups is 2. The summed E-state index contributed by atoms with van der Waals surface area (Å²) < 4.78 is 13.3. The van der Waals surface area contributed by atoms with Crippen LogP contribution in [-0.4, -0.2) is 22.1 Å². The summed E-state index contributed by atoms with van der Waals surface area (Å²) in [5.74, 6) is -0.847. The maximum absolute atomic E-state index is 13.3. The van der Waals surface area contributed by atoms with Crippen molar-refractivity contribution < 1.29 is 14.0 Å². The zero-order valence-corrected chi connectivity index (χ0v) is 15.4. The number of fused-ring (bicyclic) bond motifs is 1. The Kier molecular flexibility index (Phi) is 4.48. The van der Waals surface area contributed by atoms with Crippen LogP contribution < -0.4 is 16.0 Å². The van der Waals surface area contributed by atoms with Gasteiger partial charge in [0.15, 0.2) is 0 Å². The van der Waals surface area contributed by atoms with E-state index in [4.69, 9.17) is 11.6 Å². The van der Waals surface area contributed by atoms with Crippen molar-refractivity contribution in [2.24, 2.45) is 0 Å². The number of halogens is 2. The number of aromatic nitrogens is 2. The van der Waals surface area contributed by atoms with Gasteiger partial charge in [0.2, 0.25) is 0 Å². The van der Waals surface area contributed by atoms with E-state index in [-0.39, 0.29) is 0 Å². The Balaban J connectivity index is 1.69. The number of amides is 3. The predicted octanol–water partition coefficient (Wildman–Crippen LogP) is 3.62. The van der Waals surface area contributed by atoms with Crippen LogP contribution in [0, 0.1) is 5.82 Å². The molecule has 1 aliphatic rings. The summed E-state index contributed by atoms with van der Waals surface area (Å²) in [6.45, 7) is 1.63. The van der Waals surface area contributed by atoms with Crippen molar-refractivity contribution in [2.75, 3.05) is 5.32 Å². The maximum Gasteiger partial charge on any atom is 0.319 e. The molecule has 4 N–H and O–H groups in total. The lowest BCUT2D eigenvalue weighted by Crippen LogP contribution is -2.46. The summed E-state index contributed by atoms with van der Waals surface area (Å²) in [4.78, 5) is 25.0. The summed E-state index contributed by atoms with van der Waals surface area (Å²) in [6.07, 6.45) is 1.62. The molecule has 0 aliphatic carbocycles. The highest BCUT2D eigenvalue weighted by atomic mass is 35.5. The number of hydrogen-bond donors (Lipinski definition) is 4. The highest BCUT2D eigenvalue weighted by Crippen LogP contribution is 2.31. The van der Waals surface area contributed by atoms with E-state index in [1.807, 2.05) is 0 Å². The first-order valence-electron chi connectivity index (χ1n) is 8.40. The standard InChI is InChI=1S/C19H15ClFN5O2/c1-9-16(17(25-19(28)23-9)10-2-4-12(21)5-3-10)18(27)24-15-6-11-8-22-26-14(11)7-13(15)20/h2-8,17H,1H3,(H,22,26)(H,24,27)(H2,23,25,28). The molecule has 1 unspecified atom stereocenters. The van der Waals surface area contributed by atoms with Gasteiger partial charge in [0.25, 0.3) is 5.91 Å². The molecule has 4 rings (SSSR count). The average Bonchev–Trinajstić information content (AvgIpc) is 3.09. The number of nitrogens with one attached hydrogen (secondary N) is 4. The maximum atomic E-state index is 13.3. The third-order valence-corrected chi connectivity index (χ3v) is 4.81. The largest absolute Gasteiger partial charge is 0.327 e. The minimum Gasteiger partial charge on any atom is -0.327 e.